The summed E-state index contributed by atoms with van der Waals surface area (Å²) < 4.78 is 1.32. The van der Waals surface area contributed by atoms with Gasteiger partial charge in [-0.15, -0.1) is 5.10 Å². The number of hydrogen-bond acceptors (Lipinski definition) is 4. The number of carbonyl (C=O) groups is 2. The SMILES string of the molecule is C=C(Cl)CNC(=O)NCCn1cc(C(=O)O)nn1. The van der Waals surface area contributed by atoms with Crippen LogP contribution in [0.25, 0.3) is 0 Å². The molecule has 0 atom stereocenters. The summed E-state index contributed by atoms with van der Waals surface area (Å²) in [6.45, 7) is 4.20. The van der Waals surface area contributed by atoms with Crippen LogP contribution in [0.4, 0.5) is 4.79 Å². The molecule has 0 saturated heterocycles. The summed E-state index contributed by atoms with van der Waals surface area (Å²) in [4.78, 5) is 21.7. The third-order valence-electron chi connectivity index (χ3n) is 1.82. The summed E-state index contributed by atoms with van der Waals surface area (Å²) >= 11 is 5.47. The maximum atomic E-state index is 11.2. The van der Waals surface area contributed by atoms with Gasteiger partial charge in [-0.3, -0.25) is 0 Å². The summed E-state index contributed by atoms with van der Waals surface area (Å²) in [6.07, 6.45) is 1.28. The second-order valence-electron chi connectivity index (χ2n) is 3.30. The van der Waals surface area contributed by atoms with Gasteiger partial charge in [-0.05, 0) is 0 Å². The first kappa shape index (κ1) is 14.0. The van der Waals surface area contributed by atoms with Crippen molar-refractivity contribution >= 4 is 23.6 Å². The Morgan fingerprint density at radius 2 is 2.22 bits per heavy atom. The fraction of sp³-hybridized carbons (Fsp3) is 0.333. The molecule has 0 aliphatic carbocycles. The highest BCUT2D eigenvalue weighted by atomic mass is 35.5. The third kappa shape index (κ3) is 4.83. The van der Waals surface area contributed by atoms with Crippen molar-refractivity contribution in [3.05, 3.63) is 23.5 Å². The molecule has 0 fully saturated rings. The molecule has 1 aromatic heterocycles. The largest absolute Gasteiger partial charge is 0.476 e. The number of carboxylic acid groups (broad SMARTS) is 1. The number of hydrogen-bond donors (Lipinski definition) is 3. The van der Waals surface area contributed by atoms with Crippen molar-refractivity contribution in [2.45, 2.75) is 6.54 Å². The van der Waals surface area contributed by atoms with E-state index >= 15 is 0 Å². The minimum Gasteiger partial charge on any atom is -0.476 e. The van der Waals surface area contributed by atoms with Crippen LogP contribution in [-0.2, 0) is 6.54 Å². The zero-order chi connectivity index (χ0) is 13.5. The van der Waals surface area contributed by atoms with Gasteiger partial charge < -0.3 is 15.7 Å². The molecular formula is C9H12ClN5O3. The molecule has 18 heavy (non-hydrogen) atoms. The molecule has 0 aromatic carbocycles. The molecule has 0 unspecified atom stereocenters. The Morgan fingerprint density at radius 1 is 1.50 bits per heavy atom. The predicted octanol–water partition coefficient (Wildman–Crippen LogP) is 0.0280. The normalized spacial score (nSPS) is 9.83. The number of nitrogens with one attached hydrogen (secondary N) is 2. The monoisotopic (exact) mass is 273 g/mol. The van der Waals surface area contributed by atoms with E-state index in [1.54, 1.807) is 0 Å². The van der Waals surface area contributed by atoms with Gasteiger partial charge in [0.05, 0.1) is 19.3 Å². The number of carboxylic acids is 1. The van der Waals surface area contributed by atoms with Crippen LogP contribution in [-0.4, -0.2) is 45.2 Å². The van der Waals surface area contributed by atoms with Crippen molar-refractivity contribution in [1.82, 2.24) is 25.6 Å². The maximum Gasteiger partial charge on any atom is 0.358 e. The van der Waals surface area contributed by atoms with E-state index in [2.05, 4.69) is 27.5 Å². The van der Waals surface area contributed by atoms with E-state index in [-0.39, 0.29) is 18.8 Å². The van der Waals surface area contributed by atoms with Gasteiger partial charge in [0.2, 0.25) is 0 Å². The first-order valence-electron chi connectivity index (χ1n) is 4.97. The lowest BCUT2D eigenvalue weighted by atomic mass is 10.5. The van der Waals surface area contributed by atoms with Crippen LogP contribution in [0.2, 0.25) is 0 Å². The van der Waals surface area contributed by atoms with Gasteiger partial charge in [-0.25, -0.2) is 14.3 Å². The van der Waals surface area contributed by atoms with E-state index in [1.165, 1.54) is 10.9 Å². The molecule has 1 heterocycles. The Morgan fingerprint density at radius 3 is 2.78 bits per heavy atom. The van der Waals surface area contributed by atoms with Crippen LogP contribution in [0.3, 0.4) is 0 Å². The van der Waals surface area contributed by atoms with Crippen LogP contribution in [0.1, 0.15) is 10.5 Å². The summed E-state index contributed by atoms with van der Waals surface area (Å²) in [6, 6.07) is -0.393. The van der Waals surface area contributed by atoms with E-state index in [0.717, 1.165) is 0 Å². The van der Waals surface area contributed by atoms with Crippen LogP contribution in [0.15, 0.2) is 17.8 Å². The van der Waals surface area contributed by atoms with E-state index in [9.17, 15) is 9.59 Å². The summed E-state index contributed by atoms with van der Waals surface area (Å²) in [5.74, 6) is -1.15. The van der Waals surface area contributed by atoms with Crippen LogP contribution < -0.4 is 10.6 Å². The van der Waals surface area contributed by atoms with Crippen molar-refractivity contribution in [3.63, 3.8) is 0 Å². The fourth-order valence-electron chi connectivity index (χ4n) is 1.03. The Labute approximate surface area is 108 Å². The molecule has 1 rings (SSSR count). The number of amides is 2. The predicted molar refractivity (Wildman–Crippen MR) is 63.4 cm³/mol. The molecule has 0 saturated carbocycles. The molecule has 8 nitrogen and oxygen atoms in total. The Kier molecular flexibility index (Phi) is 5.12. The molecular weight excluding hydrogens is 262 g/mol. The van der Waals surface area contributed by atoms with Crippen molar-refractivity contribution in [2.75, 3.05) is 13.1 Å². The fourth-order valence-corrected chi connectivity index (χ4v) is 1.10. The zero-order valence-electron chi connectivity index (χ0n) is 9.39. The number of nitrogens with zero attached hydrogens (tertiary/aromatic N) is 3. The minimum absolute atomic E-state index is 0.141. The van der Waals surface area contributed by atoms with E-state index < -0.39 is 12.0 Å². The first-order chi connectivity index (χ1) is 8.49. The van der Waals surface area contributed by atoms with Crippen LogP contribution >= 0.6 is 11.6 Å². The zero-order valence-corrected chi connectivity index (χ0v) is 10.1. The van der Waals surface area contributed by atoms with Gasteiger partial charge in [0.25, 0.3) is 0 Å². The van der Waals surface area contributed by atoms with Gasteiger partial charge >= 0.3 is 12.0 Å². The smallest absolute Gasteiger partial charge is 0.358 e. The quantitative estimate of drug-likeness (QED) is 0.677. The van der Waals surface area contributed by atoms with Gasteiger partial charge in [-0.2, -0.15) is 0 Å². The van der Waals surface area contributed by atoms with Crippen molar-refractivity contribution in [3.8, 4) is 0 Å². The van der Waals surface area contributed by atoms with Gasteiger partial charge in [0, 0.05) is 11.6 Å². The summed E-state index contributed by atoms with van der Waals surface area (Å²) in [5, 5.41) is 21.0. The highest BCUT2D eigenvalue weighted by Gasteiger charge is 2.07. The molecule has 98 valence electrons. The molecule has 2 amide bonds. The van der Waals surface area contributed by atoms with Gasteiger partial charge in [-0.1, -0.05) is 23.4 Å². The minimum atomic E-state index is -1.15. The number of aromatic nitrogens is 3. The highest BCUT2D eigenvalue weighted by Crippen LogP contribution is 1.92. The molecule has 0 bridgehead atoms. The number of carbonyl (C=O) groups excluding carboxylic acids is 1. The average Bonchev–Trinajstić information content (AvgIpc) is 2.75. The topological polar surface area (TPSA) is 109 Å². The Balaban J connectivity index is 2.26. The lowest BCUT2D eigenvalue weighted by molar-refractivity contribution is 0.0690. The number of urea groups is 1. The molecule has 3 N–H and O–H groups in total. The Hall–Kier alpha value is -2.09. The molecule has 0 spiro atoms. The molecule has 9 heteroatoms. The molecule has 0 aliphatic heterocycles. The van der Waals surface area contributed by atoms with E-state index in [4.69, 9.17) is 16.7 Å². The summed E-state index contributed by atoms with van der Waals surface area (Å²) in [5.41, 5.74) is -0.141. The number of aromatic carboxylic acids is 1. The highest BCUT2D eigenvalue weighted by molar-refractivity contribution is 6.29. The lowest BCUT2D eigenvalue weighted by Gasteiger charge is -2.06. The first-order valence-corrected chi connectivity index (χ1v) is 5.35. The standard InChI is InChI=1S/C9H12ClN5O3/c1-6(10)4-12-9(18)11-2-3-15-5-7(8(16)17)13-14-15/h5H,1-4H2,(H,16,17)(H2,11,12,18). The Bertz CT molecular complexity index is 459. The van der Waals surface area contributed by atoms with Crippen LogP contribution in [0.5, 0.6) is 0 Å². The van der Waals surface area contributed by atoms with Crippen LogP contribution in [0, 0.1) is 0 Å². The molecule has 0 aliphatic rings. The average molecular weight is 274 g/mol. The van der Waals surface area contributed by atoms with Crippen molar-refractivity contribution in [2.24, 2.45) is 0 Å². The van der Waals surface area contributed by atoms with E-state index in [0.29, 0.717) is 11.6 Å². The van der Waals surface area contributed by atoms with E-state index in [1.807, 2.05) is 0 Å². The second kappa shape index (κ2) is 6.60. The third-order valence-corrected chi connectivity index (χ3v) is 1.96. The van der Waals surface area contributed by atoms with Gasteiger partial charge in [0.15, 0.2) is 5.69 Å². The lowest BCUT2D eigenvalue weighted by Crippen LogP contribution is -2.37. The van der Waals surface area contributed by atoms with Crippen molar-refractivity contribution in [1.29, 1.82) is 0 Å². The molecule has 1 aromatic rings. The summed E-state index contributed by atoms with van der Waals surface area (Å²) in [7, 11) is 0. The second-order valence-corrected chi connectivity index (χ2v) is 3.83. The number of halogens is 1. The maximum absolute atomic E-state index is 11.2. The number of rotatable bonds is 6. The van der Waals surface area contributed by atoms with Crippen molar-refractivity contribution < 1.29 is 14.7 Å². The molecule has 0 radical (unpaired) electrons. The van der Waals surface area contributed by atoms with Gasteiger partial charge in [0.1, 0.15) is 0 Å².